The van der Waals surface area contributed by atoms with Crippen LogP contribution in [0, 0.1) is 5.82 Å². The van der Waals surface area contributed by atoms with Gasteiger partial charge in [0.25, 0.3) is 0 Å². The zero-order chi connectivity index (χ0) is 16.3. The number of likely N-dealkylation sites (tertiary alicyclic amines) is 1. The molecule has 1 amide bonds. The van der Waals surface area contributed by atoms with Gasteiger partial charge in [-0.25, -0.2) is 17.5 Å². The summed E-state index contributed by atoms with van der Waals surface area (Å²) in [6, 6.07) is 5.53. The Morgan fingerprint density at radius 3 is 2.77 bits per heavy atom. The Balaban J connectivity index is 2.26. The van der Waals surface area contributed by atoms with E-state index >= 15 is 0 Å². The van der Waals surface area contributed by atoms with E-state index in [4.69, 9.17) is 0 Å². The molecule has 0 aliphatic carbocycles. The Hall–Kier alpha value is -1.47. The average molecular weight is 328 g/mol. The molecule has 0 spiro atoms. The number of nitrogens with zero attached hydrogens (tertiary/aromatic N) is 1. The number of nitrogens with one attached hydrogen (secondary N) is 1. The molecule has 1 unspecified atom stereocenters. The second-order valence-electron chi connectivity index (χ2n) is 5.75. The molecule has 1 heterocycles. The van der Waals surface area contributed by atoms with Crippen LogP contribution in [0.2, 0.25) is 0 Å². The maximum Gasteiger partial charge on any atom is 0.219 e. The average Bonchev–Trinajstić information content (AvgIpc) is 2.39. The normalized spacial score (nSPS) is 22.6. The van der Waals surface area contributed by atoms with Crippen LogP contribution in [0.3, 0.4) is 0 Å². The van der Waals surface area contributed by atoms with Crippen LogP contribution in [0.4, 0.5) is 4.39 Å². The molecular weight excluding hydrogens is 307 g/mol. The van der Waals surface area contributed by atoms with Gasteiger partial charge < -0.3 is 4.90 Å². The van der Waals surface area contributed by atoms with Crippen molar-refractivity contribution >= 4 is 15.9 Å². The number of rotatable bonds is 4. The SMILES string of the molecule is CC(=O)N1CCCC(NS(C)(=O)=O)[C@@H]1Cc1cccc(F)c1. The third kappa shape index (κ3) is 4.51. The van der Waals surface area contributed by atoms with Crippen molar-refractivity contribution in [2.24, 2.45) is 0 Å². The first-order valence-electron chi connectivity index (χ1n) is 7.25. The lowest BCUT2D eigenvalue weighted by atomic mass is 9.91. The van der Waals surface area contributed by atoms with Gasteiger partial charge in [-0.1, -0.05) is 12.1 Å². The van der Waals surface area contributed by atoms with Crippen LogP contribution in [0.5, 0.6) is 0 Å². The van der Waals surface area contributed by atoms with Crippen LogP contribution >= 0.6 is 0 Å². The lowest BCUT2D eigenvalue weighted by Gasteiger charge is -2.41. The molecule has 0 bridgehead atoms. The molecule has 2 atom stereocenters. The zero-order valence-corrected chi connectivity index (χ0v) is 13.6. The van der Waals surface area contributed by atoms with Crippen LogP contribution in [0.25, 0.3) is 0 Å². The van der Waals surface area contributed by atoms with Gasteiger partial charge in [0.1, 0.15) is 5.82 Å². The minimum Gasteiger partial charge on any atom is -0.338 e. The van der Waals surface area contributed by atoms with Crippen molar-refractivity contribution in [3.8, 4) is 0 Å². The summed E-state index contributed by atoms with van der Waals surface area (Å²) in [6.07, 6.45) is 2.94. The molecule has 0 saturated carbocycles. The summed E-state index contributed by atoms with van der Waals surface area (Å²) < 4.78 is 39.1. The van der Waals surface area contributed by atoms with Gasteiger partial charge in [-0.3, -0.25) is 4.79 Å². The molecule has 122 valence electrons. The molecule has 1 aromatic rings. The summed E-state index contributed by atoms with van der Waals surface area (Å²) >= 11 is 0. The standard InChI is InChI=1S/C15H21FN2O3S/c1-11(19)18-8-4-7-14(17-22(2,20)21)15(18)10-12-5-3-6-13(16)9-12/h3,5-6,9,14-15,17H,4,7-8,10H2,1-2H3/t14?,15-/m0/s1. The Morgan fingerprint density at radius 1 is 1.45 bits per heavy atom. The molecule has 0 aromatic heterocycles. The largest absolute Gasteiger partial charge is 0.338 e. The van der Waals surface area contributed by atoms with Gasteiger partial charge >= 0.3 is 0 Å². The van der Waals surface area contributed by atoms with Crippen molar-refractivity contribution in [1.82, 2.24) is 9.62 Å². The summed E-state index contributed by atoms with van der Waals surface area (Å²) in [5, 5.41) is 0. The van der Waals surface area contributed by atoms with Gasteiger partial charge in [0, 0.05) is 19.5 Å². The highest BCUT2D eigenvalue weighted by Crippen LogP contribution is 2.22. The molecule has 1 N–H and O–H groups in total. The highest BCUT2D eigenvalue weighted by Gasteiger charge is 2.34. The van der Waals surface area contributed by atoms with E-state index in [1.807, 2.05) is 0 Å². The monoisotopic (exact) mass is 328 g/mol. The van der Waals surface area contributed by atoms with E-state index in [2.05, 4.69) is 4.72 Å². The minimum atomic E-state index is -3.37. The Kier molecular flexibility index (Phi) is 5.18. The van der Waals surface area contributed by atoms with Crippen LogP contribution in [-0.4, -0.2) is 44.1 Å². The molecule has 5 nitrogen and oxygen atoms in total. The lowest BCUT2D eigenvalue weighted by molar-refractivity contribution is -0.133. The molecule has 1 aromatic carbocycles. The quantitative estimate of drug-likeness (QED) is 0.906. The number of hydrogen-bond donors (Lipinski definition) is 1. The predicted molar refractivity (Wildman–Crippen MR) is 82.3 cm³/mol. The van der Waals surface area contributed by atoms with E-state index in [9.17, 15) is 17.6 Å². The fourth-order valence-electron chi connectivity index (χ4n) is 3.02. The van der Waals surface area contributed by atoms with E-state index in [1.54, 1.807) is 17.0 Å². The van der Waals surface area contributed by atoms with Crippen molar-refractivity contribution in [2.45, 2.75) is 38.3 Å². The summed E-state index contributed by atoms with van der Waals surface area (Å²) in [7, 11) is -3.37. The van der Waals surface area contributed by atoms with Gasteiger partial charge in [-0.15, -0.1) is 0 Å². The number of benzene rings is 1. The highest BCUT2D eigenvalue weighted by atomic mass is 32.2. The van der Waals surface area contributed by atoms with E-state index in [0.717, 1.165) is 18.2 Å². The summed E-state index contributed by atoms with van der Waals surface area (Å²) in [5.41, 5.74) is 0.749. The summed E-state index contributed by atoms with van der Waals surface area (Å²) in [6.45, 7) is 2.07. The Morgan fingerprint density at radius 2 is 2.18 bits per heavy atom. The Labute approximate surface area is 130 Å². The van der Waals surface area contributed by atoms with Crippen molar-refractivity contribution < 1.29 is 17.6 Å². The number of hydrogen-bond acceptors (Lipinski definition) is 3. The zero-order valence-electron chi connectivity index (χ0n) is 12.8. The number of piperidine rings is 1. The van der Waals surface area contributed by atoms with Crippen molar-refractivity contribution in [3.05, 3.63) is 35.6 Å². The third-order valence-electron chi connectivity index (χ3n) is 3.88. The molecule has 22 heavy (non-hydrogen) atoms. The molecule has 2 rings (SSSR count). The van der Waals surface area contributed by atoms with Gasteiger partial charge in [0.05, 0.1) is 12.3 Å². The first kappa shape index (κ1) is 16.9. The maximum absolute atomic E-state index is 13.4. The molecule has 1 saturated heterocycles. The number of halogens is 1. The van der Waals surface area contributed by atoms with Gasteiger partial charge in [0.15, 0.2) is 0 Å². The maximum atomic E-state index is 13.4. The molecule has 1 fully saturated rings. The fraction of sp³-hybridized carbons (Fsp3) is 0.533. The first-order chi connectivity index (χ1) is 10.3. The lowest BCUT2D eigenvalue weighted by Crippen LogP contribution is -2.57. The van der Waals surface area contributed by atoms with Gasteiger partial charge in [0.2, 0.25) is 15.9 Å². The second-order valence-corrected chi connectivity index (χ2v) is 7.53. The molecular formula is C15H21FN2O3S. The molecule has 1 aliphatic heterocycles. The van der Waals surface area contributed by atoms with Crippen LogP contribution in [0.1, 0.15) is 25.3 Å². The van der Waals surface area contributed by atoms with Crippen molar-refractivity contribution in [3.63, 3.8) is 0 Å². The summed E-state index contributed by atoms with van der Waals surface area (Å²) in [4.78, 5) is 13.5. The predicted octanol–water partition coefficient (Wildman–Crippen LogP) is 1.30. The van der Waals surface area contributed by atoms with Crippen LogP contribution in [-0.2, 0) is 21.2 Å². The third-order valence-corrected chi connectivity index (χ3v) is 4.61. The molecule has 0 radical (unpaired) electrons. The number of amides is 1. The van der Waals surface area contributed by atoms with Gasteiger partial charge in [-0.2, -0.15) is 0 Å². The fourth-order valence-corrected chi connectivity index (χ4v) is 3.84. The smallest absolute Gasteiger partial charge is 0.219 e. The number of carbonyl (C=O) groups is 1. The topological polar surface area (TPSA) is 66.5 Å². The van der Waals surface area contributed by atoms with Crippen molar-refractivity contribution in [2.75, 3.05) is 12.8 Å². The van der Waals surface area contributed by atoms with Crippen molar-refractivity contribution in [1.29, 1.82) is 0 Å². The van der Waals surface area contributed by atoms with E-state index in [1.165, 1.54) is 19.1 Å². The molecule has 7 heteroatoms. The van der Waals surface area contributed by atoms with E-state index in [0.29, 0.717) is 19.4 Å². The number of carbonyl (C=O) groups excluding carboxylic acids is 1. The van der Waals surface area contributed by atoms with Crippen LogP contribution < -0.4 is 4.72 Å². The van der Waals surface area contributed by atoms with E-state index in [-0.39, 0.29) is 23.8 Å². The minimum absolute atomic E-state index is 0.0959. The second kappa shape index (κ2) is 6.75. The first-order valence-corrected chi connectivity index (χ1v) is 9.14. The van der Waals surface area contributed by atoms with Gasteiger partial charge in [-0.05, 0) is 37.0 Å². The Bertz CT molecular complexity index is 648. The van der Waals surface area contributed by atoms with E-state index < -0.39 is 10.0 Å². The molecule has 1 aliphatic rings. The highest BCUT2D eigenvalue weighted by molar-refractivity contribution is 7.88. The number of sulfonamides is 1. The van der Waals surface area contributed by atoms with Crippen LogP contribution in [0.15, 0.2) is 24.3 Å². The summed E-state index contributed by atoms with van der Waals surface area (Å²) in [5.74, 6) is -0.434.